The van der Waals surface area contributed by atoms with Gasteiger partial charge in [0.1, 0.15) is 22.7 Å². The summed E-state index contributed by atoms with van der Waals surface area (Å²) in [5.74, 6) is 0.0380. The number of rotatable bonds is 5. The predicted molar refractivity (Wildman–Crippen MR) is 135 cm³/mol. The van der Waals surface area contributed by atoms with Gasteiger partial charge < -0.3 is 9.73 Å². The van der Waals surface area contributed by atoms with Gasteiger partial charge in [0.25, 0.3) is 0 Å². The minimum atomic E-state index is -0.453. The Balaban J connectivity index is 1.64. The van der Waals surface area contributed by atoms with Crippen molar-refractivity contribution in [1.29, 1.82) is 0 Å². The van der Waals surface area contributed by atoms with Crippen molar-refractivity contribution in [2.24, 2.45) is 0 Å². The highest BCUT2D eigenvalue weighted by Gasteiger charge is 2.20. The number of hydrogen-bond acceptors (Lipinski definition) is 6. The van der Waals surface area contributed by atoms with Crippen molar-refractivity contribution >= 4 is 16.7 Å². The van der Waals surface area contributed by atoms with Gasteiger partial charge in [-0.25, -0.2) is 4.39 Å². The first-order valence-electron chi connectivity index (χ1n) is 11.2. The zero-order chi connectivity index (χ0) is 24.5. The van der Waals surface area contributed by atoms with Gasteiger partial charge in [-0.3, -0.25) is 19.7 Å². The molecule has 4 heterocycles. The maximum Gasteiger partial charge on any atom is 0.196 e. The summed E-state index contributed by atoms with van der Waals surface area (Å²) < 4.78 is 20.9. The van der Waals surface area contributed by atoms with Crippen LogP contribution in [0.5, 0.6) is 0 Å². The average molecular weight is 467 g/mol. The molecule has 1 aromatic carbocycles. The fourth-order valence-electron chi connectivity index (χ4n) is 4.24. The molecule has 1 atom stereocenters. The molecule has 0 fully saturated rings. The molecule has 1 N–H and O–H groups in total. The van der Waals surface area contributed by atoms with Gasteiger partial charge in [0.2, 0.25) is 0 Å². The van der Waals surface area contributed by atoms with Gasteiger partial charge in [-0.2, -0.15) is 0 Å². The van der Waals surface area contributed by atoms with Gasteiger partial charge in [-0.05, 0) is 68.8 Å². The Morgan fingerprint density at radius 2 is 1.71 bits per heavy atom. The van der Waals surface area contributed by atoms with Crippen molar-refractivity contribution in [3.63, 3.8) is 0 Å². The molecule has 0 aliphatic rings. The number of halogens is 1. The first-order chi connectivity index (χ1) is 16.9. The van der Waals surface area contributed by atoms with E-state index in [4.69, 9.17) is 4.42 Å². The molecule has 0 aliphatic heterocycles. The SMILES string of the molecule is Cc1cc(C(C)Nc2cccnc2-c2ncccc2F)c2oc(-c3cccnc3)c(C)c(=O)c2c1. The lowest BCUT2D eigenvalue weighted by Crippen LogP contribution is -2.13. The quantitative estimate of drug-likeness (QED) is 0.330. The fourth-order valence-corrected chi connectivity index (χ4v) is 4.24. The molecule has 0 radical (unpaired) electrons. The van der Waals surface area contributed by atoms with Gasteiger partial charge >= 0.3 is 0 Å². The van der Waals surface area contributed by atoms with Gasteiger partial charge in [-0.1, -0.05) is 6.07 Å². The van der Waals surface area contributed by atoms with E-state index in [1.54, 1.807) is 43.7 Å². The fraction of sp³-hybridized carbons (Fsp3) is 0.143. The molecule has 7 heteroatoms. The maximum absolute atomic E-state index is 14.5. The minimum absolute atomic E-state index is 0.0834. The highest BCUT2D eigenvalue weighted by atomic mass is 19.1. The second-order valence-corrected chi connectivity index (χ2v) is 8.46. The monoisotopic (exact) mass is 466 g/mol. The molecule has 0 saturated heterocycles. The third-order valence-corrected chi connectivity index (χ3v) is 5.94. The van der Waals surface area contributed by atoms with Crippen LogP contribution >= 0.6 is 0 Å². The lowest BCUT2D eigenvalue weighted by molar-refractivity contribution is 0.605. The largest absolute Gasteiger partial charge is 0.455 e. The number of hydrogen-bond donors (Lipinski definition) is 1. The molecule has 5 rings (SSSR count). The smallest absolute Gasteiger partial charge is 0.196 e. The summed E-state index contributed by atoms with van der Waals surface area (Å²) in [6, 6.07) is 13.7. The average Bonchev–Trinajstić information content (AvgIpc) is 2.87. The number of fused-ring (bicyclic) bond motifs is 1. The van der Waals surface area contributed by atoms with E-state index in [9.17, 15) is 9.18 Å². The van der Waals surface area contributed by atoms with Crippen LogP contribution < -0.4 is 10.7 Å². The minimum Gasteiger partial charge on any atom is -0.455 e. The third kappa shape index (κ3) is 4.17. The number of nitrogens with zero attached hydrogens (tertiary/aromatic N) is 3. The standard InChI is InChI=1S/C28H23FN4O2/c1-16-13-20(18(3)33-23-9-6-12-32-25(23)24-22(29)8-5-11-31-24)28-21(14-16)26(34)17(2)27(35-28)19-7-4-10-30-15-19/h4-15,18,33H,1-3H3. The summed E-state index contributed by atoms with van der Waals surface area (Å²) in [5.41, 5.74) is 4.61. The Hall–Kier alpha value is -4.39. The first-order valence-corrected chi connectivity index (χ1v) is 11.2. The second-order valence-electron chi connectivity index (χ2n) is 8.46. The van der Waals surface area contributed by atoms with Gasteiger partial charge in [0.05, 0.1) is 17.1 Å². The molecule has 35 heavy (non-hydrogen) atoms. The molecule has 0 spiro atoms. The number of pyridine rings is 3. The molecule has 174 valence electrons. The third-order valence-electron chi connectivity index (χ3n) is 5.94. The Labute approximate surface area is 201 Å². The highest BCUT2D eigenvalue weighted by molar-refractivity contribution is 5.85. The summed E-state index contributed by atoms with van der Waals surface area (Å²) in [4.78, 5) is 26.0. The molecule has 0 saturated carbocycles. The lowest BCUT2D eigenvalue weighted by atomic mass is 9.99. The Kier molecular flexibility index (Phi) is 5.82. The van der Waals surface area contributed by atoms with Crippen LogP contribution in [0.2, 0.25) is 0 Å². The zero-order valence-electron chi connectivity index (χ0n) is 19.5. The van der Waals surface area contributed by atoms with Crippen molar-refractivity contribution in [2.45, 2.75) is 26.8 Å². The maximum atomic E-state index is 14.5. The molecule has 4 aromatic heterocycles. The molecular weight excluding hydrogens is 443 g/mol. The van der Waals surface area contributed by atoms with E-state index in [0.29, 0.717) is 33.7 Å². The van der Waals surface area contributed by atoms with E-state index in [-0.39, 0.29) is 17.2 Å². The van der Waals surface area contributed by atoms with E-state index < -0.39 is 5.82 Å². The van der Waals surface area contributed by atoms with Crippen molar-refractivity contribution in [2.75, 3.05) is 5.32 Å². The number of benzene rings is 1. The number of anilines is 1. The zero-order valence-corrected chi connectivity index (χ0v) is 19.5. The summed E-state index contributed by atoms with van der Waals surface area (Å²) in [6.45, 7) is 5.67. The first kappa shape index (κ1) is 22.4. The summed E-state index contributed by atoms with van der Waals surface area (Å²) in [5, 5.41) is 3.94. The van der Waals surface area contributed by atoms with Crippen LogP contribution in [0.15, 0.2) is 82.5 Å². The summed E-state index contributed by atoms with van der Waals surface area (Å²) >= 11 is 0. The van der Waals surface area contributed by atoms with Crippen LogP contribution in [0.1, 0.15) is 29.7 Å². The normalized spacial score (nSPS) is 12.0. The van der Waals surface area contributed by atoms with Gasteiger partial charge in [0, 0.05) is 41.5 Å². The van der Waals surface area contributed by atoms with Crippen LogP contribution in [0, 0.1) is 19.7 Å². The van der Waals surface area contributed by atoms with E-state index >= 15 is 0 Å². The van der Waals surface area contributed by atoms with Crippen LogP contribution in [-0.2, 0) is 0 Å². The molecule has 0 aliphatic carbocycles. The molecule has 1 unspecified atom stereocenters. The van der Waals surface area contributed by atoms with E-state index in [1.807, 2.05) is 38.1 Å². The Morgan fingerprint density at radius 3 is 2.46 bits per heavy atom. The molecule has 6 nitrogen and oxygen atoms in total. The predicted octanol–water partition coefficient (Wildman–Crippen LogP) is 6.24. The lowest BCUT2D eigenvalue weighted by Gasteiger charge is -2.20. The van der Waals surface area contributed by atoms with Crippen molar-refractivity contribution in [3.05, 3.63) is 106 Å². The number of aryl methyl sites for hydroxylation is 1. The van der Waals surface area contributed by atoms with E-state index in [2.05, 4.69) is 20.3 Å². The molecular formula is C28H23FN4O2. The van der Waals surface area contributed by atoms with E-state index in [1.165, 1.54) is 12.3 Å². The topological polar surface area (TPSA) is 80.9 Å². The number of nitrogens with one attached hydrogen (secondary N) is 1. The van der Waals surface area contributed by atoms with E-state index in [0.717, 1.165) is 16.7 Å². The number of aromatic nitrogens is 3. The van der Waals surface area contributed by atoms with Crippen molar-refractivity contribution < 1.29 is 8.81 Å². The molecule has 0 amide bonds. The van der Waals surface area contributed by atoms with Gasteiger partial charge in [-0.15, -0.1) is 0 Å². The van der Waals surface area contributed by atoms with Crippen molar-refractivity contribution in [1.82, 2.24) is 15.0 Å². The summed E-state index contributed by atoms with van der Waals surface area (Å²) in [7, 11) is 0. The Bertz CT molecular complexity index is 1600. The van der Waals surface area contributed by atoms with Crippen LogP contribution in [0.25, 0.3) is 33.7 Å². The van der Waals surface area contributed by atoms with Crippen LogP contribution in [0.4, 0.5) is 10.1 Å². The van der Waals surface area contributed by atoms with Crippen LogP contribution in [-0.4, -0.2) is 15.0 Å². The molecule has 0 bridgehead atoms. The highest BCUT2D eigenvalue weighted by Crippen LogP contribution is 2.34. The molecule has 5 aromatic rings. The van der Waals surface area contributed by atoms with Gasteiger partial charge in [0.15, 0.2) is 11.2 Å². The van der Waals surface area contributed by atoms with Crippen molar-refractivity contribution in [3.8, 4) is 22.7 Å². The Morgan fingerprint density at radius 1 is 0.971 bits per heavy atom. The van der Waals surface area contributed by atoms with Crippen LogP contribution in [0.3, 0.4) is 0 Å². The second kappa shape index (κ2) is 9.10. The summed E-state index contributed by atoms with van der Waals surface area (Å²) in [6.07, 6.45) is 6.49.